The normalized spacial score (nSPS) is 13.8. The van der Waals surface area contributed by atoms with Gasteiger partial charge in [0.05, 0.1) is 0 Å². The average molecular weight is 315 g/mol. The maximum Gasteiger partial charge on any atom is 0.374 e. The van der Waals surface area contributed by atoms with Crippen LogP contribution in [0.1, 0.15) is 48.1 Å². The summed E-state index contributed by atoms with van der Waals surface area (Å²) in [7, 11) is 4.00. The molecule has 2 rings (SSSR count). The molecular weight excluding hydrogens is 290 g/mol. The van der Waals surface area contributed by atoms with Crippen molar-refractivity contribution >= 4 is 5.97 Å². The predicted octanol–water partition coefficient (Wildman–Crippen LogP) is 3.93. The van der Waals surface area contributed by atoms with Crippen molar-refractivity contribution in [3.8, 4) is 0 Å². The second-order valence-corrected chi connectivity index (χ2v) is 6.14. The van der Waals surface area contributed by atoms with Gasteiger partial charge in [-0.25, -0.2) is 4.79 Å². The van der Waals surface area contributed by atoms with Gasteiger partial charge >= 0.3 is 5.97 Å². The molecule has 0 fully saturated rings. The Morgan fingerprint density at radius 3 is 2.48 bits per heavy atom. The molecule has 4 nitrogen and oxygen atoms in total. The molecule has 2 aromatic rings. The smallest absolute Gasteiger partial charge is 0.374 e. The molecule has 23 heavy (non-hydrogen) atoms. The van der Waals surface area contributed by atoms with E-state index < -0.39 is 5.97 Å². The van der Waals surface area contributed by atoms with Gasteiger partial charge in [0, 0.05) is 12.5 Å². The van der Waals surface area contributed by atoms with Gasteiger partial charge < -0.3 is 14.1 Å². The van der Waals surface area contributed by atoms with Crippen LogP contribution in [0.5, 0.6) is 0 Å². The van der Waals surface area contributed by atoms with E-state index in [0.717, 1.165) is 24.3 Å². The SMILES string of the molecule is C[C@H](c1ccccc1)c1ccc(C(=O)O[C@@H](C)CCN(C)C)o1. The molecule has 0 unspecified atom stereocenters. The number of hydrogen-bond acceptors (Lipinski definition) is 4. The van der Waals surface area contributed by atoms with Crippen molar-refractivity contribution in [3.63, 3.8) is 0 Å². The highest BCUT2D eigenvalue weighted by molar-refractivity contribution is 5.86. The molecule has 0 aliphatic heterocycles. The molecule has 0 aliphatic rings. The highest BCUT2D eigenvalue weighted by Gasteiger charge is 2.19. The van der Waals surface area contributed by atoms with E-state index in [1.807, 2.05) is 45.3 Å². The molecule has 124 valence electrons. The minimum Gasteiger partial charge on any atom is -0.457 e. The highest BCUT2D eigenvalue weighted by atomic mass is 16.6. The van der Waals surface area contributed by atoms with E-state index in [-0.39, 0.29) is 17.8 Å². The van der Waals surface area contributed by atoms with Crippen molar-refractivity contribution in [2.24, 2.45) is 0 Å². The number of esters is 1. The van der Waals surface area contributed by atoms with E-state index in [4.69, 9.17) is 9.15 Å². The maximum atomic E-state index is 12.1. The van der Waals surface area contributed by atoms with Crippen molar-refractivity contribution in [1.29, 1.82) is 0 Å². The molecular formula is C19H25NO3. The molecule has 0 spiro atoms. The van der Waals surface area contributed by atoms with Crippen molar-refractivity contribution in [2.45, 2.75) is 32.3 Å². The summed E-state index contributed by atoms with van der Waals surface area (Å²) in [4.78, 5) is 14.2. The largest absolute Gasteiger partial charge is 0.457 e. The zero-order valence-corrected chi connectivity index (χ0v) is 14.3. The Kier molecular flexibility index (Phi) is 5.99. The summed E-state index contributed by atoms with van der Waals surface area (Å²) in [6.07, 6.45) is 0.664. The van der Waals surface area contributed by atoms with Gasteiger partial charge in [0.2, 0.25) is 5.76 Å². The number of rotatable bonds is 7. The third-order valence-corrected chi connectivity index (χ3v) is 3.85. The van der Waals surface area contributed by atoms with Crippen LogP contribution in [0.3, 0.4) is 0 Å². The second kappa shape index (κ2) is 7.97. The third-order valence-electron chi connectivity index (χ3n) is 3.85. The van der Waals surface area contributed by atoms with Gasteiger partial charge in [-0.15, -0.1) is 0 Å². The molecule has 1 heterocycles. The highest BCUT2D eigenvalue weighted by Crippen LogP contribution is 2.26. The number of benzene rings is 1. The molecule has 2 atom stereocenters. The van der Waals surface area contributed by atoms with E-state index in [1.165, 1.54) is 0 Å². The topological polar surface area (TPSA) is 42.7 Å². The van der Waals surface area contributed by atoms with Gasteiger partial charge in [0.25, 0.3) is 0 Å². The van der Waals surface area contributed by atoms with E-state index in [2.05, 4.69) is 24.0 Å². The molecule has 0 N–H and O–H groups in total. The van der Waals surface area contributed by atoms with Gasteiger partial charge in [0.15, 0.2) is 0 Å². The Bertz CT molecular complexity index is 619. The Morgan fingerprint density at radius 2 is 1.83 bits per heavy atom. The lowest BCUT2D eigenvalue weighted by atomic mass is 9.99. The first-order chi connectivity index (χ1) is 11.0. The van der Waals surface area contributed by atoms with Crippen molar-refractivity contribution in [1.82, 2.24) is 4.90 Å². The fourth-order valence-corrected chi connectivity index (χ4v) is 2.34. The minimum atomic E-state index is -0.400. The summed E-state index contributed by atoms with van der Waals surface area (Å²) in [5.74, 6) is 0.732. The monoisotopic (exact) mass is 315 g/mol. The predicted molar refractivity (Wildman–Crippen MR) is 90.7 cm³/mol. The summed E-state index contributed by atoms with van der Waals surface area (Å²) < 4.78 is 11.1. The second-order valence-electron chi connectivity index (χ2n) is 6.14. The van der Waals surface area contributed by atoms with Crippen LogP contribution in [-0.2, 0) is 4.74 Å². The molecule has 0 aliphatic carbocycles. The molecule has 0 saturated carbocycles. The average Bonchev–Trinajstić information content (AvgIpc) is 3.03. The molecule has 0 bridgehead atoms. The maximum absolute atomic E-state index is 12.1. The van der Waals surface area contributed by atoms with E-state index in [1.54, 1.807) is 6.07 Å². The van der Waals surface area contributed by atoms with Gasteiger partial charge in [0.1, 0.15) is 11.9 Å². The molecule has 0 saturated heterocycles. The van der Waals surface area contributed by atoms with Crippen LogP contribution < -0.4 is 0 Å². The van der Waals surface area contributed by atoms with E-state index in [9.17, 15) is 4.79 Å². The Labute approximate surface area is 138 Å². The number of ether oxygens (including phenoxy) is 1. The standard InChI is InChI=1S/C19H25NO3/c1-14(12-13-20(3)4)22-19(21)18-11-10-17(23-18)15(2)16-8-6-5-7-9-16/h5-11,14-15H,12-13H2,1-4H3/t14-,15+/m0/s1. The van der Waals surface area contributed by atoms with Gasteiger partial charge in [-0.3, -0.25) is 0 Å². The molecule has 0 radical (unpaired) electrons. The first-order valence-electron chi connectivity index (χ1n) is 7.97. The zero-order chi connectivity index (χ0) is 16.8. The zero-order valence-electron chi connectivity index (χ0n) is 14.3. The third kappa shape index (κ3) is 4.96. The fourth-order valence-electron chi connectivity index (χ4n) is 2.34. The Morgan fingerprint density at radius 1 is 1.13 bits per heavy atom. The van der Waals surface area contributed by atoms with Gasteiger partial charge in [-0.1, -0.05) is 37.3 Å². The molecule has 1 aromatic heterocycles. The summed E-state index contributed by atoms with van der Waals surface area (Å²) >= 11 is 0. The summed E-state index contributed by atoms with van der Waals surface area (Å²) in [5, 5.41) is 0. The van der Waals surface area contributed by atoms with E-state index in [0.29, 0.717) is 0 Å². The number of carbonyl (C=O) groups is 1. The van der Waals surface area contributed by atoms with Crippen LogP contribution >= 0.6 is 0 Å². The summed E-state index contributed by atoms with van der Waals surface area (Å²) in [6.45, 7) is 4.84. The van der Waals surface area contributed by atoms with Crippen molar-refractivity contribution in [2.75, 3.05) is 20.6 Å². The van der Waals surface area contributed by atoms with Crippen molar-refractivity contribution in [3.05, 3.63) is 59.5 Å². The first-order valence-corrected chi connectivity index (χ1v) is 7.97. The lowest BCUT2D eigenvalue weighted by Crippen LogP contribution is -2.21. The Balaban J connectivity index is 1.97. The van der Waals surface area contributed by atoms with Crippen molar-refractivity contribution < 1.29 is 13.9 Å². The minimum absolute atomic E-state index is 0.101. The molecule has 0 amide bonds. The van der Waals surface area contributed by atoms with Crippen LogP contribution in [-0.4, -0.2) is 37.6 Å². The van der Waals surface area contributed by atoms with Gasteiger partial charge in [-0.05, 0) is 45.1 Å². The van der Waals surface area contributed by atoms with Crippen LogP contribution in [0.15, 0.2) is 46.9 Å². The lowest BCUT2D eigenvalue weighted by Gasteiger charge is -2.15. The first kappa shape index (κ1) is 17.3. The van der Waals surface area contributed by atoms with Crippen LogP contribution in [0.2, 0.25) is 0 Å². The lowest BCUT2D eigenvalue weighted by molar-refractivity contribution is 0.0273. The van der Waals surface area contributed by atoms with E-state index >= 15 is 0 Å². The number of hydrogen-bond donors (Lipinski definition) is 0. The quantitative estimate of drug-likeness (QED) is 0.726. The van der Waals surface area contributed by atoms with Crippen LogP contribution in [0.4, 0.5) is 0 Å². The number of nitrogens with zero attached hydrogens (tertiary/aromatic N) is 1. The number of carbonyl (C=O) groups excluding carboxylic acids is 1. The summed E-state index contributed by atoms with van der Waals surface area (Å²) in [5.41, 5.74) is 1.15. The summed E-state index contributed by atoms with van der Waals surface area (Å²) in [6, 6.07) is 13.6. The van der Waals surface area contributed by atoms with Crippen LogP contribution in [0, 0.1) is 0 Å². The fraction of sp³-hybridized carbons (Fsp3) is 0.421. The number of furan rings is 1. The Hall–Kier alpha value is -2.07. The molecule has 4 heteroatoms. The molecule has 1 aromatic carbocycles. The van der Waals surface area contributed by atoms with Gasteiger partial charge in [-0.2, -0.15) is 0 Å². The van der Waals surface area contributed by atoms with Crippen LogP contribution in [0.25, 0.3) is 0 Å².